The zero-order chi connectivity index (χ0) is 17.8. The summed E-state index contributed by atoms with van der Waals surface area (Å²) in [5, 5.41) is 5.75. The number of carbonyl (C=O) groups excluding carboxylic acids is 1. The fourth-order valence-corrected chi connectivity index (χ4v) is 2.64. The molecule has 0 aliphatic heterocycles. The van der Waals surface area contributed by atoms with Gasteiger partial charge in [0.1, 0.15) is 5.75 Å². The minimum Gasteiger partial charge on any atom is -0.484 e. The average molecular weight is 356 g/mol. The van der Waals surface area contributed by atoms with Gasteiger partial charge in [0.25, 0.3) is 5.91 Å². The number of hydrogen-bond acceptors (Lipinski definition) is 3. The number of carbonyl (C=O) groups is 1. The Balaban J connectivity index is 1.59. The molecule has 3 rings (SSSR count). The van der Waals surface area contributed by atoms with E-state index in [0.717, 1.165) is 27.7 Å². The Morgan fingerprint density at radius 3 is 2.88 bits per heavy atom. The number of para-hydroxylation sites is 1. The maximum atomic E-state index is 11.9. The molecule has 0 saturated heterocycles. The highest BCUT2D eigenvalue weighted by atomic mass is 35.5. The smallest absolute Gasteiger partial charge is 0.277 e. The van der Waals surface area contributed by atoms with E-state index in [4.69, 9.17) is 16.3 Å². The minimum absolute atomic E-state index is 0.120. The van der Waals surface area contributed by atoms with Gasteiger partial charge in [-0.15, -0.1) is 0 Å². The first-order chi connectivity index (χ1) is 12.0. The summed E-state index contributed by atoms with van der Waals surface area (Å²) < 4.78 is 5.43. The predicted molar refractivity (Wildman–Crippen MR) is 100 cm³/mol. The second kappa shape index (κ2) is 7.40. The molecule has 25 heavy (non-hydrogen) atoms. The third kappa shape index (κ3) is 4.00. The second-order valence-electron chi connectivity index (χ2n) is 5.70. The third-order valence-corrected chi connectivity index (χ3v) is 4.25. The van der Waals surface area contributed by atoms with Crippen LogP contribution in [0.5, 0.6) is 5.75 Å². The lowest BCUT2D eigenvalue weighted by Crippen LogP contribution is -2.24. The van der Waals surface area contributed by atoms with Gasteiger partial charge in [0.15, 0.2) is 6.61 Å². The zero-order valence-electron chi connectivity index (χ0n) is 14.0. The van der Waals surface area contributed by atoms with Gasteiger partial charge < -0.3 is 9.72 Å². The van der Waals surface area contributed by atoms with Gasteiger partial charge >= 0.3 is 0 Å². The number of aryl methyl sites for hydroxylation is 2. The predicted octanol–water partition coefficient (Wildman–Crippen LogP) is 3.97. The molecule has 0 aliphatic carbocycles. The van der Waals surface area contributed by atoms with E-state index in [2.05, 4.69) is 15.5 Å². The van der Waals surface area contributed by atoms with Crippen LogP contribution in [0.4, 0.5) is 0 Å². The number of halogens is 1. The first kappa shape index (κ1) is 17.0. The standard InChI is InChI=1S/C19H18ClN3O2/c1-12-9-14(7-8-17(12)20)25-11-19(24)23-21-10-16-13(2)22-18-6-4-3-5-15(16)18/h3-10,22H,11H2,1-2H3,(H,23,24)/b21-10+. The van der Waals surface area contributed by atoms with Crippen molar-refractivity contribution in [3.63, 3.8) is 0 Å². The van der Waals surface area contributed by atoms with E-state index in [0.29, 0.717) is 10.8 Å². The van der Waals surface area contributed by atoms with Crippen molar-refractivity contribution in [3.05, 3.63) is 64.3 Å². The number of amides is 1. The Kier molecular flexibility index (Phi) is 5.05. The number of fused-ring (bicyclic) bond motifs is 1. The number of aromatic amines is 1. The van der Waals surface area contributed by atoms with Crippen molar-refractivity contribution in [2.24, 2.45) is 5.10 Å². The Hall–Kier alpha value is -2.79. The van der Waals surface area contributed by atoms with Crippen molar-refractivity contribution in [1.82, 2.24) is 10.4 Å². The van der Waals surface area contributed by atoms with Gasteiger partial charge in [-0.2, -0.15) is 5.10 Å². The van der Waals surface area contributed by atoms with E-state index in [-0.39, 0.29) is 12.5 Å². The molecule has 0 saturated carbocycles. The van der Waals surface area contributed by atoms with Crippen molar-refractivity contribution >= 4 is 34.6 Å². The molecule has 0 bridgehead atoms. The Morgan fingerprint density at radius 1 is 1.28 bits per heavy atom. The van der Waals surface area contributed by atoms with Gasteiger partial charge in [0.2, 0.25) is 0 Å². The average Bonchev–Trinajstić information content (AvgIpc) is 2.92. The molecule has 3 aromatic rings. The lowest BCUT2D eigenvalue weighted by Gasteiger charge is -2.06. The summed E-state index contributed by atoms with van der Waals surface area (Å²) >= 11 is 5.96. The minimum atomic E-state index is -0.332. The number of ether oxygens (including phenoxy) is 1. The van der Waals surface area contributed by atoms with E-state index in [1.165, 1.54) is 0 Å². The molecule has 0 fully saturated rings. The zero-order valence-corrected chi connectivity index (χ0v) is 14.7. The van der Waals surface area contributed by atoms with Gasteiger partial charge in [0.05, 0.1) is 6.21 Å². The van der Waals surface area contributed by atoms with Crippen LogP contribution in [-0.2, 0) is 4.79 Å². The van der Waals surface area contributed by atoms with Crippen LogP contribution in [0.2, 0.25) is 5.02 Å². The van der Waals surface area contributed by atoms with E-state index in [1.807, 2.05) is 38.1 Å². The molecule has 6 heteroatoms. The Labute approximate surface area is 150 Å². The SMILES string of the molecule is Cc1cc(OCC(=O)N/N=C/c2c(C)[nH]c3ccccc23)ccc1Cl. The number of rotatable bonds is 5. The van der Waals surface area contributed by atoms with Gasteiger partial charge in [-0.3, -0.25) is 4.79 Å². The quantitative estimate of drug-likeness (QED) is 0.537. The van der Waals surface area contributed by atoms with Crippen LogP contribution in [0.1, 0.15) is 16.8 Å². The summed E-state index contributed by atoms with van der Waals surface area (Å²) in [5.74, 6) is 0.259. The molecule has 0 spiro atoms. The third-order valence-electron chi connectivity index (χ3n) is 3.83. The number of benzene rings is 2. The van der Waals surface area contributed by atoms with Gasteiger partial charge in [0, 0.05) is 27.2 Å². The Bertz CT molecular complexity index is 947. The molecule has 5 nitrogen and oxygen atoms in total. The van der Waals surface area contributed by atoms with Gasteiger partial charge in [-0.05, 0) is 43.7 Å². The lowest BCUT2D eigenvalue weighted by molar-refractivity contribution is -0.123. The maximum absolute atomic E-state index is 11.9. The summed E-state index contributed by atoms with van der Waals surface area (Å²) in [6.45, 7) is 3.73. The lowest BCUT2D eigenvalue weighted by atomic mass is 10.1. The fraction of sp³-hybridized carbons (Fsp3) is 0.158. The van der Waals surface area contributed by atoms with Crippen LogP contribution in [-0.4, -0.2) is 23.7 Å². The molecule has 0 atom stereocenters. The van der Waals surface area contributed by atoms with Crippen LogP contribution in [0.3, 0.4) is 0 Å². The van der Waals surface area contributed by atoms with Crippen molar-refractivity contribution in [1.29, 1.82) is 0 Å². The van der Waals surface area contributed by atoms with E-state index in [9.17, 15) is 4.79 Å². The number of H-pyrrole nitrogens is 1. The van der Waals surface area contributed by atoms with E-state index < -0.39 is 0 Å². The number of hydrogen-bond donors (Lipinski definition) is 2. The largest absolute Gasteiger partial charge is 0.484 e. The molecule has 0 radical (unpaired) electrons. The van der Waals surface area contributed by atoms with Crippen LogP contribution in [0.15, 0.2) is 47.6 Å². The monoisotopic (exact) mass is 355 g/mol. The summed E-state index contributed by atoms with van der Waals surface area (Å²) in [5.41, 5.74) is 6.35. The van der Waals surface area contributed by atoms with Gasteiger partial charge in [-0.1, -0.05) is 29.8 Å². The first-order valence-electron chi connectivity index (χ1n) is 7.83. The van der Waals surface area contributed by atoms with E-state index >= 15 is 0 Å². The van der Waals surface area contributed by atoms with Crippen molar-refractivity contribution < 1.29 is 9.53 Å². The molecule has 2 N–H and O–H groups in total. The molecule has 0 aliphatic rings. The summed E-state index contributed by atoms with van der Waals surface area (Å²) in [6, 6.07) is 13.2. The fourth-order valence-electron chi connectivity index (χ4n) is 2.52. The number of nitrogens with zero attached hydrogens (tertiary/aromatic N) is 1. The highest BCUT2D eigenvalue weighted by Crippen LogP contribution is 2.21. The van der Waals surface area contributed by atoms with Crippen molar-refractivity contribution in [2.45, 2.75) is 13.8 Å². The highest BCUT2D eigenvalue weighted by Gasteiger charge is 2.06. The molecular formula is C19H18ClN3O2. The highest BCUT2D eigenvalue weighted by molar-refractivity contribution is 6.31. The van der Waals surface area contributed by atoms with Crippen molar-refractivity contribution in [2.75, 3.05) is 6.61 Å². The topological polar surface area (TPSA) is 66.5 Å². The number of hydrazone groups is 1. The molecular weight excluding hydrogens is 338 g/mol. The van der Waals surface area contributed by atoms with Crippen LogP contribution >= 0.6 is 11.6 Å². The number of nitrogens with one attached hydrogen (secondary N) is 2. The second-order valence-corrected chi connectivity index (χ2v) is 6.11. The molecule has 1 aromatic heterocycles. The van der Waals surface area contributed by atoms with Crippen LogP contribution in [0.25, 0.3) is 10.9 Å². The summed E-state index contributed by atoms with van der Waals surface area (Å²) in [4.78, 5) is 15.1. The molecule has 128 valence electrons. The van der Waals surface area contributed by atoms with Gasteiger partial charge in [-0.25, -0.2) is 5.43 Å². The van der Waals surface area contributed by atoms with E-state index in [1.54, 1.807) is 24.4 Å². The maximum Gasteiger partial charge on any atom is 0.277 e. The molecule has 2 aromatic carbocycles. The molecule has 1 heterocycles. The summed E-state index contributed by atoms with van der Waals surface area (Å²) in [7, 11) is 0. The van der Waals surface area contributed by atoms with Crippen LogP contribution in [0, 0.1) is 13.8 Å². The molecule has 0 unspecified atom stereocenters. The number of aromatic nitrogens is 1. The Morgan fingerprint density at radius 2 is 2.08 bits per heavy atom. The normalized spacial score (nSPS) is 11.2. The summed E-state index contributed by atoms with van der Waals surface area (Å²) in [6.07, 6.45) is 1.64. The first-order valence-corrected chi connectivity index (χ1v) is 8.20. The molecule has 1 amide bonds. The van der Waals surface area contributed by atoms with Crippen LogP contribution < -0.4 is 10.2 Å². The van der Waals surface area contributed by atoms with Crippen molar-refractivity contribution in [3.8, 4) is 5.75 Å².